The molecule has 23 heavy (non-hydrogen) atoms. The summed E-state index contributed by atoms with van der Waals surface area (Å²) in [5, 5.41) is 1.83. The van der Waals surface area contributed by atoms with Gasteiger partial charge in [-0.25, -0.2) is 13.1 Å². The van der Waals surface area contributed by atoms with E-state index in [1.807, 2.05) is 18.4 Å². The first kappa shape index (κ1) is 18.1. The molecule has 1 unspecified atom stereocenters. The van der Waals surface area contributed by atoms with Gasteiger partial charge in [0.15, 0.2) is 0 Å². The highest BCUT2D eigenvalue weighted by molar-refractivity contribution is 9.10. The summed E-state index contributed by atoms with van der Waals surface area (Å²) in [6.45, 7) is 1.81. The summed E-state index contributed by atoms with van der Waals surface area (Å²) in [7, 11) is -2.47. The molecular formula is C15H16BrNO4S2. The number of rotatable bonds is 6. The summed E-state index contributed by atoms with van der Waals surface area (Å²) in [6, 6.07) is 7.72. The lowest BCUT2D eigenvalue weighted by molar-refractivity contribution is -0.141. The molecule has 0 amide bonds. The van der Waals surface area contributed by atoms with Gasteiger partial charge in [-0.15, -0.1) is 11.3 Å². The molecule has 0 aliphatic rings. The maximum absolute atomic E-state index is 12.6. The lowest BCUT2D eigenvalue weighted by Crippen LogP contribution is -2.30. The highest BCUT2D eigenvalue weighted by atomic mass is 79.9. The fourth-order valence-electron chi connectivity index (χ4n) is 1.98. The number of carbonyl (C=O) groups is 1. The van der Waals surface area contributed by atoms with Gasteiger partial charge in [0, 0.05) is 9.35 Å². The highest BCUT2D eigenvalue weighted by Crippen LogP contribution is 2.26. The molecule has 0 bridgehead atoms. The molecule has 1 heterocycles. The number of carbonyl (C=O) groups excluding carboxylic acids is 1. The molecule has 0 spiro atoms. The third kappa shape index (κ3) is 4.63. The molecule has 124 valence electrons. The summed E-state index contributed by atoms with van der Waals surface area (Å²) in [5.74, 6) is -0.474. The first-order valence-corrected chi connectivity index (χ1v) is 9.88. The first-order chi connectivity index (χ1) is 10.8. The molecule has 5 nitrogen and oxygen atoms in total. The zero-order valence-corrected chi connectivity index (χ0v) is 15.8. The number of hydrogen-bond donors (Lipinski definition) is 1. The maximum Gasteiger partial charge on any atom is 0.307 e. The van der Waals surface area contributed by atoms with Crippen LogP contribution in [0.4, 0.5) is 0 Å². The van der Waals surface area contributed by atoms with Crippen molar-refractivity contribution in [1.82, 2.24) is 4.72 Å². The van der Waals surface area contributed by atoms with E-state index >= 15 is 0 Å². The summed E-state index contributed by atoms with van der Waals surface area (Å²) < 4.78 is 33.3. The van der Waals surface area contributed by atoms with Gasteiger partial charge in [0.2, 0.25) is 10.0 Å². The van der Waals surface area contributed by atoms with Crippen LogP contribution in [0.5, 0.6) is 0 Å². The number of ether oxygens (including phenoxy) is 1. The Labute approximate surface area is 147 Å². The minimum absolute atomic E-state index is 0.0637. The van der Waals surface area contributed by atoms with Crippen LogP contribution in [-0.4, -0.2) is 21.5 Å². The second kappa shape index (κ2) is 7.57. The minimum Gasteiger partial charge on any atom is -0.469 e. The fraction of sp³-hybridized carbons (Fsp3) is 0.267. The van der Waals surface area contributed by atoms with Gasteiger partial charge in [-0.05, 0) is 42.1 Å². The van der Waals surface area contributed by atoms with Gasteiger partial charge in [0.05, 0.1) is 24.5 Å². The Morgan fingerprint density at radius 1 is 1.39 bits per heavy atom. The highest BCUT2D eigenvalue weighted by Gasteiger charge is 2.25. The molecule has 0 saturated carbocycles. The topological polar surface area (TPSA) is 72.5 Å². The number of esters is 1. The summed E-state index contributed by atoms with van der Waals surface area (Å²) >= 11 is 4.73. The van der Waals surface area contributed by atoms with Gasteiger partial charge < -0.3 is 4.74 Å². The Morgan fingerprint density at radius 2 is 2.13 bits per heavy atom. The molecule has 2 rings (SSSR count). The number of methoxy groups -OCH3 is 1. The Bertz CT molecular complexity index is 788. The number of nitrogens with one attached hydrogen (secondary N) is 1. The summed E-state index contributed by atoms with van der Waals surface area (Å²) in [5.41, 5.74) is 0.813. The van der Waals surface area contributed by atoms with E-state index in [4.69, 9.17) is 0 Å². The van der Waals surface area contributed by atoms with Gasteiger partial charge in [0.1, 0.15) is 0 Å². The molecule has 0 aliphatic heterocycles. The molecule has 1 aromatic heterocycles. The van der Waals surface area contributed by atoms with Crippen LogP contribution in [0.1, 0.15) is 22.9 Å². The van der Waals surface area contributed by atoms with Crippen LogP contribution in [0.2, 0.25) is 0 Å². The van der Waals surface area contributed by atoms with Gasteiger partial charge in [0.25, 0.3) is 0 Å². The maximum atomic E-state index is 12.6. The molecule has 2 aromatic rings. The quantitative estimate of drug-likeness (QED) is 0.730. The summed E-state index contributed by atoms with van der Waals surface area (Å²) in [4.78, 5) is 12.5. The minimum atomic E-state index is -3.75. The summed E-state index contributed by atoms with van der Waals surface area (Å²) in [6.07, 6.45) is -0.0637. The average Bonchev–Trinajstić information content (AvgIpc) is 3.03. The van der Waals surface area contributed by atoms with E-state index in [0.29, 0.717) is 0 Å². The first-order valence-electron chi connectivity index (χ1n) is 6.72. The second-order valence-corrected chi connectivity index (χ2v) is 8.43. The normalized spacial score (nSPS) is 12.8. The molecule has 0 saturated heterocycles. The molecule has 0 aliphatic carbocycles. The van der Waals surface area contributed by atoms with Gasteiger partial charge in [-0.1, -0.05) is 22.0 Å². The van der Waals surface area contributed by atoms with E-state index in [0.717, 1.165) is 14.9 Å². The third-order valence-corrected chi connectivity index (χ3v) is 6.57. The molecule has 1 N–H and O–H groups in total. The van der Waals surface area contributed by atoms with E-state index in [9.17, 15) is 13.2 Å². The van der Waals surface area contributed by atoms with E-state index in [-0.39, 0.29) is 11.3 Å². The third-order valence-electron chi connectivity index (χ3n) is 3.22. The van der Waals surface area contributed by atoms with Crippen LogP contribution in [0, 0.1) is 6.92 Å². The Morgan fingerprint density at radius 3 is 2.70 bits per heavy atom. The van der Waals surface area contributed by atoms with E-state index in [1.165, 1.54) is 24.5 Å². The number of aryl methyl sites for hydroxylation is 1. The second-order valence-electron chi connectivity index (χ2n) is 4.88. The molecule has 0 radical (unpaired) electrons. The van der Waals surface area contributed by atoms with E-state index in [1.54, 1.807) is 18.2 Å². The van der Waals surface area contributed by atoms with Crippen molar-refractivity contribution in [3.05, 3.63) is 50.6 Å². The zero-order valence-electron chi connectivity index (χ0n) is 12.6. The lowest BCUT2D eigenvalue weighted by atomic mass is 10.2. The number of benzene rings is 1. The predicted octanol–water partition coefficient (Wildman–Crippen LogP) is 3.40. The van der Waals surface area contributed by atoms with Crippen LogP contribution in [0.25, 0.3) is 0 Å². The Kier molecular flexibility index (Phi) is 5.96. The van der Waals surface area contributed by atoms with Crippen molar-refractivity contribution in [3.63, 3.8) is 0 Å². The van der Waals surface area contributed by atoms with Gasteiger partial charge in [-0.2, -0.15) is 0 Å². The molecule has 8 heteroatoms. The van der Waals surface area contributed by atoms with Crippen molar-refractivity contribution in [2.75, 3.05) is 7.11 Å². The average molecular weight is 418 g/mol. The largest absolute Gasteiger partial charge is 0.469 e. The number of thiophene rings is 1. The van der Waals surface area contributed by atoms with E-state index in [2.05, 4.69) is 25.4 Å². The predicted molar refractivity (Wildman–Crippen MR) is 92.9 cm³/mol. The van der Waals surface area contributed by atoms with Crippen molar-refractivity contribution in [1.29, 1.82) is 0 Å². The molecule has 0 fully saturated rings. The SMILES string of the molecule is COC(=O)CC(NS(=O)(=O)c1ccc(Br)c(C)c1)c1cccs1. The van der Waals surface area contributed by atoms with Crippen molar-refractivity contribution in [2.45, 2.75) is 24.3 Å². The molecule has 1 atom stereocenters. The lowest BCUT2D eigenvalue weighted by Gasteiger charge is -2.17. The van der Waals surface area contributed by atoms with Gasteiger partial charge in [-0.3, -0.25) is 4.79 Å². The van der Waals surface area contributed by atoms with Crippen molar-refractivity contribution < 1.29 is 17.9 Å². The van der Waals surface area contributed by atoms with Crippen molar-refractivity contribution in [3.8, 4) is 0 Å². The molecular weight excluding hydrogens is 402 g/mol. The van der Waals surface area contributed by atoms with Crippen LogP contribution in [0.3, 0.4) is 0 Å². The van der Waals surface area contributed by atoms with Gasteiger partial charge >= 0.3 is 5.97 Å². The van der Waals surface area contributed by atoms with Crippen LogP contribution in [0.15, 0.2) is 45.1 Å². The van der Waals surface area contributed by atoms with E-state index < -0.39 is 22.0 Å². The number of hydrogen-bond acceptors (Lipinski definition) is 5. The van der Waals surface area contributed by atoms with Crippen LogP contribution < -0.4 is 4.72 Å². The molecule has 1 aromatic carbocycles. The monoisotopic (exact) mass is 417 g/mol. The van der Waals surface area contributed by atoms with Crippen LogP contribution >= 0.6 is 27.3 Å². The zero-order chi connectivity index (χ0) is 17.0. The van der Waals surface area contributed by atoms with Crippen LogP contribution in [-0.2, 0) is 19.6 Å². The van der Waals surface area contributed by atoms with Crippen molar-refractivity contribution >= 4 is 43.3 Å². The fourth-order valence-corrected chi connectivity index (χ4v) is 4.38. The Balaban J connectivity index is 2.30. The Hall–Kier alpha value is -1.22. The number of sulfonamides is 1. The smallest absolute Gasteiger partial charge is 0.307 e. The standard InChI is InChI=1S/C15H16BrNO4S2/c1-10-8-11(5-6-12(10)16)23(19,20)17-13(9-15(18)21-2)14-4-3-7-22-14/h3-8,13,17H,9H2,1-2H3. The number of halogens is 1. The van der Waals surface area contributed by atoms with Crippen molar-refractivity contribution in [2.24, 2.45) is 0 Å².